The third-order valence-electron chi connectivity index (χ3n) is 3.76. The van der Waals surface area contributed by atoms with Gasteiger partial charge in [0.15, 0.2) is 0 Å². The fourth-order valence-electron chi connectivity index (χ4n) is 2.19. The predicted octanol–water partition coefficient (Wildman–Crippen LogP) is 4.81. The summed E-state index contributed by atoms with van der Waals surface area (Å²) in [5.74, 6) is 2.03. The van der Waals surface area contributed by atoms with Crippen molar-refractivity contribution in [1.82, 2.24) is 5.32 Å². The minimum absolute atomic E-state index is 0.120. The monoisotopic (exact) mass is 405 g/mol. The number of methoxy groups -OCH3 is 1. The fourth-order valence-corrected chi connectivity index (χ4v) is 2.68. The molecule has 1 N–H and O–H groups in total. The topological polar surface area (TPSA) is 47.6 Å². The highest BCUT2D eigenvalue weighted by atomic mass is 79.9. The Kier molecular flexibility index (Phi) is 7.31. The second kappa shape index (κ2) is 9.47. The van der Waals surface area contributed by atoms with Crippen LogP contribution in [0.3, 0.4) is 0 Å². The maximum atomic E-state index is 12.3. The highest BCUT2D eigenvalue weighted by Gasteiger charge is 2.09. The molecule has 0 aliphatic heterocycles. The van der Waals surface area contributed by atoms with E-state index in [9.17, 15) is 4.79 Å². The summed E-state index contributed by atoms with van der Waals surface area (Å²) in [5, 5.41) is 2.92. The van der Waals surface area contributed by atoms with Crippen LogP contribution in [-0.4, -0.2) is 19.6 Å². The zero-order valence-electron chi connectivity index (χ0n) is 14.8. The second-order valence-corrected chi connectivity index (χ2v) is 7.06. The van der Waals surface area contributed by atoms with Gasteiger partial charge in [-0.1, -0.05) is 26.0 Å². The smallest absolute Gasteiger partial charge is 0.251 e. The summed E-state index contributed by atoms with van der Waals surface area (Å²) in [6.07, 6.45) is 0.997. The standard InChI is InChI=1S/C20H24BrNO3/c1-14(2)10-11-25-19-9-6-16(12-18(19)21)20(23)22-13-15-4-7-17(24-3)8-5-15/h4-9,12,14H,10-11,13H2,1-3H3,(H,22,23). The van der Waals surface area contributed by atoms with Crippen molar-refractivity contribution >= 4 is 21.8 Å². The molecule has 0 saturated carbocycles. The summed E-state index contributed by atoms with van der Waals surface area (Å²) in [7, 11) is 1.63. The number of ether oxygens (including phenoxy) is 2. The van der Waals surface area contributed by atoms with Gasteiger partial charge in [-0.25, -0.2) is 0 Å². The molecular formula is C20H24BrNO3. The largest absolute Gasteiger partial charge is 0.497 e. The molecule has 0 fully saturated rings. The molecule has 0 unspecified atom stereocenters. The summed E-state index contributed by atoms with van der Waals surface area (Å²) in [5.41, 5.74) is 1.61. The minimum Gasteiger partial charge on any atom is -0.497 e. The van der Waals surface area contributed by atoms with Crippen molar-refractivity contribution in [2.45, 2.75) is 26.8 Å². The van der Waals surface area contributed by atoms with Crippen LogP contribution in [0.4, 0.5) is 0 Å². The van der Waals surface area contributed by atoms with E-state index in [1.807, 2.05) is 30.3 Å². The predicted molar refractivity (Wildman–Crippen MR) is 103 cm³/mol. The summed E-state index contributed by atoms with van der Waals surface area (Å²) >= 11 is 3.48. The lowest BCUT2D eigenvalue weighted by Gasteiger charge is -2.11. The molecule has 0 spiro atoms. The lowest BCUT2D eigenvalue weighted by molar-refractivity contribution is 0.0951. The maximum Gasteiger partial charge on any atom is 0.251 e. The maximum absolute atomic E-state index is 12.3. The molecule has 134 valence electrons. The lowest BCUT2D eigenvalue weighted by atomic mass is 10.1. The highest BCUT2D eigenvalue weighted by Crippen LogP contribution is 2.26. The third kappa shape index (κ3) is 6.09. The van der Waals surface area contributed by atoms with Gasteiger partial charge in [-0.3, -0.25) is 4.79 Å². The number of carbonyl (C=O) groups is 1. The van der Waals surface area contributed by atoms with Gasteiger partial charge in [0.1, 0.15) is 11.5 Å². The Morgan fingerprint density at radius 3 is 2.48 bits per heavy atom. The van der Waals surface area contributed by atoms with Crippen molar-refractivity contribution in [3.05, 3.63) is 58.1 Å². The lowest BCUT2D eigenvalue weighted by Crippen LogP contribution is -2.22. The average Bonchev–Trinajstić information content (AvgIpc) is 2.61. The zero-order chi connectivity index (χ0) is 18.2. The summed E-state index contributed by atoms with van der Waals surface area (Å²) in [6, 6.07) is 13.0. The fraction of sp³-hybridized carbons (Fsp3) is 0.350. The van der Waals surface area contributed by atoms with Crippen molar-refractivity contribution in [2.75, 3.05) is 13.7 Å². The van der Waals surface area contributed by atoms with Gasteiger partial charge in [-0.2, -0.15) is 0 Å². The molecule has 2 rings (SSSR count). The Labute approximate surface area is 157 Å². The van der Waals surface area contributed by atoms with E-state index in [0.717, 1.165) is 28.0 Å². The van der Waals surface area contributed by atoms with Gasteiger partial charge in [0.2, 0.25) is 0 Å². The van der Waals surface area contributed by atoms with Crippen LogP contribution in [0.25, 0.3) is 0 Å². The van der Waals surface area contributed by atoms with E-state index >= 15 is 0 Å². The summed E-state index contributed by atoms with van der Waals surface area (Å²) in [4.78, 5) is 12.3. The molecule has 0 saturated heterocycles. The molecule has 0 bridgehead atoms. The molecule has 0 heterocycles. The number of hydrogen-bond acceptors (Lipinski definition) is 3. The number of nitrogens with one attached hydrogen (secondary N) is 1. The van der Waals surface area contributed by atoms with E-state index in [4.69, 9.17) is 9.47 Å². The molecule has 0 aliphatic rings. The highest BCUT2D eigenvalue weighted by molar-refractivity contribution is 9.10. The Balaban J connectivity index is 1.91. The molecule has 0 atom stereocenters. The van der Waals surface area contributed by atoms with Gasteiger partial charge in [0.25, 0.3) is 5.91 Å². The van der Waals surface area contributed by atoms with Gasteiger partial charge >= 0.3 is 0 Å². The Bertz CT molecular complexity index is 699. The van der Waals surface area contributed by atoms with Crippen LogP contribution < -0.4 is 14.8 Å². The van der Waals surface area contributed by atoms with E-state index in [1.54, 1.807) is 19.2 Å². The Morgan fingerprint density at radius 2 is 1.88 bits per heavy atom. The molecule has 0 aromatic heterocycles. The van der Waals surface area contributed by atoms with Gasteiger partial charge < -0.3 is 14.8 Å². The van der Waals surface area contributed by atoms with Crippen molar-refractivity contribution < 1.29 is 14.3 Å². The molecule has 25 heavy (non-hydrogen) atoms. The number of rotatable bonds is 8. The average molecular weight is 406 g/mol. The van der Waals surface area contributed by atoms with Gasteiger partial charge in [-0.05, 0) is 64.2 Å². The SMILES string of the molecule is COc1ccc(CNC(=O)c2ccc(OCCC(C)C)c(Br)c2)cc1. The third-order valence-corrected chi connectivity index (χ3v) is 4.38. The Morgan fingerprint density at radius 1 is 1.16 bits per heavy atom. The van der Waals surface area contributed by atoms with E-state index in [1.165, 1.54) is 0 Å². The first-order valence-corrected chi connectivity index (χ1v) is 9.12. The van der Waals surface area contributed by atoms with Crippen LogP contribution in [0.15, 0.2) is 46.9 Å². The first kappa shape index (κ1) is 19.3. The molecule has 2 aromatic carbocycles. The van der Waals surface area contributed by atoms with Gasteiger partial charge in [0.05, 0.1) is 18.2 Å². The zero-order valence-corrected chi connectivity index (χ0v) is 16.4. The number of benzene rings is 2. The number of halogens is 1. The number of carbonyl (C=O) groups excluding carboxylic acids is 1. The quantitative estimate of drug-likeness (QED) is 0.684. The molecule has 4 nitrogen and oxygen atoms in total. The number of hydrogen-bond donors (Lipinski definition) is 1. The first-order valence-electron chi connectivity index (χ1n) is 8.33. The van der Waals surface area contributed by atoms with Crippen molar-refractivity contribution in [3.63, 3.8) is 0 Å². The van der Waals surface area contributed by atoms with E-state index in [-0.39, 0.29) is 5.91 Å². The Hall–Kier alpha value is -2.01. The molecule has 2 aromatic rings. The van der Waals surface area contributed by atoms with Crippen LogP contribution in [0.1, 0.15) is 36.2 Å². The van der Waals surface area contributed by atoms with Crippen molar-refractivity contribution in [2.24, 2.45) is 5.92 Å². The van der Waals surface area contributed by atoms with Crippen LogP contribution in [0, 0.1) is 5.92 Å². The van der Waals surface area contributed by atoms with Crippen LogP contribution >= 0.6 is 15.9 Å². The summed E-state index contributed by atoms with van der Waals surface area (Å²) < 4.78 is 11.7. The molecule has 1 amide bonds. The van der Waals surface area contributed by atoms with E-state index in [0.29, 0.717) is 24.6 Å². The summed E-state index contributed by atoms with van der Waals surface area (Å²) in [6.45, 7) is 5.45. The van der Waals surface area contributed by atoms with E-state index < -0.39 is 0 Å². The first-order chi connectivity index (χ1) is 12.0. The van der Waals surface area contributed by atoms with Crippen LogP contribution in [0.2, 0.25) is 0 Å². The van der Waals surface area contributed by atoms with Gasteiger partial charge in [0, 0.05) is 12.1 Å². The molecular weight excluding hydrogens is 382 g/mol. The van der Waals surface area contributed by atoms with Crippen molar-refractivity contribution in [3.8, 4) is 11.5 Å². The van der Waals surface area contributed by atoms with Gasteiger partial charge in [-0.15, -0.1) is 0 Å². The van der Waals surface area contributed by atoms with Crippen molar-refractivity contribution in [1.29, 1.82) is 0 Å². The number of amides is 1. The van der Waals surface area contributed by atoms with Crippen LogP contribution in [0.5, 0.6) is 11.5 Å². The molecule has 0 aliphatic carbocycles. The molecule has 5 heteroatoms. The second-order valence-electron chi connectivity index (χ2n) is 6.21. The molecule has 0 radical (unpaired) electrons. The van der Waals surface area contributed by atoms with Crippen LogP contribution in [-0.2, 0) is 6.54 Å². The minimum atomic E-state index is -0.120. The normalized spacial score (nSPS) is 10.6. The van der Waals surface area contributed by atoms with E-state index in [2.05, 4.69) is 35.1 Å².